The average Bonchev–Trinajstić information content (AvgIpc) is 3.47. The van der Waals surface area contributed by atoms with Crippen molar-refractivity contribution < 1.29 is 4.79 Å². The quantitative estimate of drug-likeness (QED) is 0.614. The summed E-state index contributed by atoms with van der Waals surface area (Å²) in [5, 5.41) is 0. The molecule has 1 fully saturated rings. The fraction of sp³-hybridized carbons (Fsp3) is 0.348. The van der Waals surface area contributed by atoms with E-state index in [1.807, 2.05) is 44.4 Å². The molecule has 2 aromatic heterocycles. The first kappa shape index (κ1) is 19.2. The Balaban J connectivity index is 1.59. The summed E-state index contributed by atoms with van der Waals surface area (Å²) in [4.78, 5) is 26.2. The molecule has 1 aliphatic carbocycles. The van der Waals surface area contributed by atoms with Gasteiger partial charge in [-0.15, -0.1) is 0 Å². The Kier molecular flexibility index (Phi) is 5.34. The van der Waals surface area contributed by atoms with Gasteiger partial charge in [0.05, 0.1) is 12.9 Å². The monoisotopic (exact) mass is 389 g/mol. The van der Waals surface area contributed by atoms with Gasteiger partial charge in [-0.3, -0.25) is 4.79 Å². The van der Waals surface area contributed by atoms with Crippen LogP contribution in [-0.2, 0) is 13.6 Å². The number of hydrogen-bond acceptors (Lipinski definition) is 4. The lowest BCUT2D eigenvalue weighted by molar-refractivity contribution is 0.0980. The smallest absolute Gasteiger partial charge is 0.278 e. The molecular weight excluding hydrogens is 362 g/mol. The van der Waals surface area contributed by atoms with Crippen LogP contribution >= 0.6 is 0 Å². The number of nitrogens with zero attached hydrogens (tertiary/aromatic N) is 5. The molecule has 6 nitrogen and oxygen atoms in total. The maximum absolute atomic E-state index is 13.2. The maximum atomic E-state index is 13.2. The molecule has 1 aliphatic rings. The highest BCUT2D eigenvalue weighted by molar-refractivity contribution is 6.04. The molecule has 0 saturated heterocycles. The molecule has 2 heterocycles. The largest absolute Gasteiger partial charge is 0.354 e. The lowest BCUT2D eigenvalue weighted by atomic mass is 10.1. The van der Waals surface area contributed by atoms with E-state index in [0.29, 0.717) is 18.3 Å². The van der Waals surface area contributed by atoms with Gasteiger partial charge >= 0.3 is 0 Å². The van der Waals surface area contributed by atoms with Crippen molar-refractivity contribution in [3.05, 3.63) is 71.9 Å². The van der Waals surface area contributed by atoms with E-state index in [4.69, 9.17) is 0 Å². The third kappa shape index (κ3) is 4.31. The first-order valence-electron chi connectivity index (χ1n) is 10.1. The van der Waals surface area contributed by atoms with Gasteiger partial charge in [0.1, 0.15) is 11.5 Å². The van der Waals surface area contributed by atoms with Gasteiger partial charge < -0.3 is 14.4 Å². The molecule has 0 bridgehead atoms. The van der Waals surface area contributed by atoms with Gasteiger partial charge in [-0.25, -0.2) is 9.97 Å². The Morgan fingerprint density at radius 3 is 2.45 bits per heavy atom. The summed E-state index contributed by atoms with van der Waals surface area (Å²) in [7, 11) is 1.86. The molecule has 0 N–H and O–H groups in total. The average molecular weight is 390 g/mol. The number of imidazole rings is 1. The highest BCUT2D eigenvalue weighted by atomic mass is 16.2. The number of rotatable bonds is 7. The minimum atomic E-state index is -0.119. The number of anilines is 2. The van der Waals surface area contributed by atoms with Crippen LogP contribution in [-0.4, -0.2) is 33.0 Å². The Hall–Kier alpha value is -3.15. The summed E-state index contributed by atoms with van der Waals surface area (Å²) in [6.07, 6.45) is 7.77. The number of pyridine rings is 1. The third-order valence-corrected chi connectivity index (χ3v) is 5.29. The van der Waals surface area contributed by atoms with Crippen LogP contribution in [0.1, 0.15) is 41.4 Å². The molecule has 29 heavy (non-hydrogen) atoms. The number of benzene rings is 1. The van der Waals surface area contributed by atoms with Gasteiger partial charge in [0.15, 0.2) is 0 Å². The second-order valence-electron chi connectivity index (χ2n) is 7.69. The zero-order valence-corrected chi connectivity index (χ0v) is 17.2. The van der Waals surface area contributed by atoms with E-state index in [9.17, 15) is 4.79 Å². The minimum Gasteiger partial charge on any atom is -0.354 e. The van der Waals surface area contributed by atoms with Crippen LogP contribution in [0.25, 0.3) is 0 Å². The van der Waals surface area contributed by atoms with Gasteiger partial charge in [-0.1, -0.05) is 23.8 Å². The number of carbonyl (C=O) groups excluding carboxylic acids is 1. The van der Waals surface area contributed by atoms with Crippen molar-refractivity contribution in [3.63, 3.8) is 0 Å². The molecule has 3 aromatic rings. The predicted molar refractivity (Wildman–Crippen MR) is 115 cm³/mol. The second-order valence-corrected chi connectivity index (χ2v) is 7.69. The van der Waals surface area contributed by atoms with E-state index >= 15 is 0 Å². The highest BCUT2D eigenvalue weighted by Crippen LogP contribution is 2.30. The number of hydrogen-bond donors (Lipinski definition) is 0. The zero-order chi connectivity index (χ0) is 20.4. The standard InChI is InChI=1S/C23H27N5O/c1-4-27(19-10-11-19)22-12-7-18(13-24-22)14-28(20-8-5-17(2)6-9-20)23(29)21-15-26(3)16-25-21/h5-9,12-13,15-16,19H,4,10-11,14H2,1-3H3. The van der Waals surface area contributed by atoms with Gasteiger partial charge in [0.2, 0.25) is 0 Å². The fourth-order valence-electron chi connectivity index (χ4n) is 3.52. The molecule has 1 aromatic carbocycles. The Labute approximate surface area is 171 Å². The van der Waals surface area contributed by atoms with Crippen LogP contribution in [0.2, 0.25) is 0 Å². The zero-order valence-electron chi connectivity index (χ0n) is 17.2. The topological polar surface area (TPSA) is 54.3 Å². The minimum absolute atomic E-state index is 0.119. The van der Waals surface area contributed by atoms with Crippen LogP contribution in [0.5, 0.6) is 0 Å². The van der Waals surface area contributed by atoms with E-state index < -0.39 is 0 Å². The van der Waals surface area contributed by atoms with Crippen molar-refractivity contribution in [2.45, 2.75) is 39.3 Å². The van der Waals surface area contributed by atoms with Crippen molar-refractivity contribution in [2.24, 2.45) is 7.05 Å². The SMILES string of the molecule is CCN(c1ccc(CN(C(=O)c2cn(C)cn2)c2ccc(C)cc2)cn1)C1CC1. The molecule has 6 heteroatoms. The lowest BCUT2D eigenvalue weighted by Gasteiger charge is -2.24. The molecule has 1 saturated carbocycles. The molecule has 0 atom stereocenters. The molecule has 0 aliphatic heterocycles. The van der Waals surface area contributed by atoms with Gasteiger partial charge in [0.25, 0.3) is 5.91 Å². The van der Waals surface area contributed by atoms with E-state index in [1.165, 1.54) is 12.8 Å². The van der Waals surface area contributed by atoms with Crippen LogP contribution in [0.4, 0.5) is 11.5 Å². The van der Waals surface area contributed by atoms with Crippen molar-refractivity contribution in [1.29, 1.82) is 0 Å². The molecule has 150 valence electrons. The van der Waals surface area contributed by atoms with Crippen molar-refractivity contribution >= 4 is 17.4 Å². The molecule has 0 unspecified atom stereocenters. The maximum Gasteiger partial charge on any atom is 0.278 e. The van der Waals surface area contributed by atoms with Crippen LogP contribution in [0, 0.1) is 6.92 Å². The van der Waals surface area contributed by atoms with Gasteiger partial charge in [-0.05, 0) is 50.5 Å². The van der Waals surface area contributed by atoms with E-state index in [2.05, 4.69) is 33.9 Å². The first-order chi connectivity index (χ1) is 14.0. The third-order valence-electron chi connectivity index (χ3n) is 5.29. The second kappa shape index (κ2) is 8.07. The number of amides is 1. The number of aryl methyl sites for hydroxylation is 2. The summed E-state index contributed by atoms with van der Waals surface area (Å²) in [6.45, 7) is 5.61. The molecule has 0 spiro atoms. The summed E-state index contributed by atoms with van der Waals surface area (Å²) in [6, 6.07) is 12.8. The van der Waals surface area contributed by atoms with Crippen molar-refractivity contribution in [1.82, 2.24) is 14.5 Å². The number of carbonyl (C=O) groups is 1. The summed E-state index contributed by atoms with van der Waals surface area (Å²) in [5.41, 5.74) is 3.43. The molecule has 0 radical (unpaired) electrons. The highest BCUT2D eigenvalue weighted by Gasteiger charge is 2.28. The summed E-state index contributed by atoms with van der Waals surface area (Å²) < 4.78 is 1.79. The fourth-order valence-corrected chi connectivity index (χ4v) is 3.52. The van der Waals surface area contributed by atoms with E-state index in [-0.39, 0.29) is 5.91 Å². The van der Waals surface area contributed by atoms with Crippen LogP contribution < -0.4 is 9.80 Å². The molecule has 1 amide bonds. The van der Waals surface area contributed by atoms with E-state index in [1.54, 1.807) is 22.0 Å². The van der Waals surface area contributed by atoms with Crippen molar-refractivity contribution in [3.8, 4) is 0 Å². The lowest BCUT2D eigenvalue weighted by Crippen LogP contribution is -2.31. The molecular formula is C23H27N5O. The van der Waals surface area contributed by atoms with Crippen molar-refractivity contribution in [2.75, 3.05) is 16.3 Å². The van der Waals surface area contributed by atoms with Crippen LogP contribution in [0.15, 0.2) is 55.1 Å². The van der Waals surface area contributed by atoms with E-state index in [0.717, 1.165) is 29.2 Å². The Morgan fingerprint density at radius 2 is 1.90 bits per heavy atom. The molecule has 4 rings (SSSR count). The summed E-state index contributed by atoms with van der Waals surface area (Å²) >= 11 is 0. The summed E-state index contributed by atoms with van der Waals surface area (Å²) in [5.74, 6) is 0.892. The number of aromatic nitrogens is 3. The Bertz CT molecular complexity index is 973. The van der Waals surface area contributed by atoms with Crippen LogP contribution in [0.3, 0.4) is 0 Å². The van der Waals surface area contributed by atoms with Gasteiger partial charge in [-0.2, -0.15) is 0 Å². The Morgan fingerprint density at radius 1 is 1.14 bits per heavy atom. The first-order valence-corrected chi connectivity index (χ1v) is 10.1. The predicted octanol–water partition coefficient (Wildman–Crippen LogP) is 3.96. The normalized spacial score (nSPS) is 13.3. The van der Waals surface area contributed by atoms with Gasteiger partial charge in [0, 0.05) is 37.7 Å².